The van der Waals surface area contributed by atoms with Crippen molar-refractivity contribution in [2.45, 2.75) is 18.2 Å². The highest BCUT2D eigenvalue weighted by Crippen LogP contribution is 2.23. The zero-order valence-electron chi connectivity index (χ0n) is 11.9. The van der Waals surface area contributed by atoms with Gasteiger partial charge in [-0.2, -0.15) is 0 Å². The first-order valence-electron chi connectivity index (χ1n) is 6.28. The minimum Gasteiger partial charge on any atom is -0.385 e. The van der Waals surface area contributed by atoms with Crippen LogP contribution in [0.15, 0.2) is 17.2 Å². The summed E-state index contributed by atoms with van der Waals surface area (Å²) in [4.78, 5) is 4.13. The van der Waals surface area contributed by atoms with Crippen molar-refractivity contribution in [1.82, 2.24) is 9.29 Å². The van der Waals surface area contributed by atoms with E-state index in [1.807, 2.05) is 6.92 Å². The Morgan fingerprint density at radius 3 is 2.75 bits per heavy atom. The molecule has 0 radical (unpaired) electrons. The van der Waals surface area contributed by atoms with Crippen molar-refractivity contribution in [2.75, 3.05) is 39.2 Å². The second-order valence-corrected chi connectivity index (χ2v) is 6.66. The molecule has 0 saturated carbocycles. The maximum absolute atomic E-state index is 12.3. The van der Waals surface area contributed by atoms with Crippen molar-refractivity contribution < 1.29 is 13.2 Å². The Labute approximate surface area is 125 Å². The van der Waals surface area contributed by atoms with Gasteiger partial charge in [0.05, 0.1) is 5.02 Å². The monoisotopic (exact) mass is 321 g/mol. The van der Waals surface area contributed by atoms with Crippen molar-refractivity contribution in [3.8, 4) is 0 Å². The van der Waals surface area contributed by atoms with Crippen LogP contribution < -0.4 is 5.32 Å². The van der Waals surface area contributed by atoms with E-state index in [1.54, 1.807) is 7.11 Å². The summed E-state index contributed by atoms with van der Waals surface area (Å²) < 4.78 is 30.8. The van der Waals surface area contributed by atoms with Gasteiger partial charge in [0.15, 0.2) is 0 Å². The van der Waals surface area contributed by atoms with Crippen LogP contribution in [0.5, 0.6) is 0 Å². The molecule has 0 amide bonds. The molecule has 0 aliphatic carbocycles. The third-order valence-corrected chi connectivity index (χ3v) is 4.80. The summed E-state index contributed by atoms with van der Waals surface area (Å²) in [6.07, 6.45) is 1.94. The van der Waals surface area contributed by atoms with Gasteiger partial charge in [0.2, 0.25) is 10.0 Å². The number of anilines is 1. The number of methoxy groups -OCH3 is 1. The summed E-state index contributed by atoms with van der Waals surface area (Å²) in [5, 5.41) is 3.25. The third kappa shape index (κ3) is 4.31. The van der Waals surface area contributed by atoms with Crippen LogP contribution in [0.4, 0.5) is 5.82 Å². The first-order chi connectivity index (χ1) is 9.43. The molecule has 1 rings (SSSR count). The molecular weight excluding hydrogens is 302 g/mol. The van der Waals surface area contributed by atoms with Crippen molar-refractivity contribution in [3.05, 3.63) is 17.3 Å². The first-order valence-corrected chi connectivity index (χ1v) is 8.10. The highest BCUT2D eigenvalue weighted by atomic mass is 35.5. The molecule has 0 aliphatic rings. The summed E-state index contributed by atoms with van der Waals surface area (Å²) in [6, 6.07) is 1.41. The topological polar surface area (TPSA) is 71.5 Å². The summed E-state index contributed by atoms with van der Waals surface area (Å²) >= 11 is 6.02. The molecule has 1 N–H and O–H groups in total. The summed E-state index contributed by atoms with van der Waals surface area (Å²) in [5.41, 5.74) is 0. The predicted octanol–water partition coefficient (Wildman–Crippen LogP) is 1.82. The lowest BCUT2D eigenvalue weighted by atomic mass is 10.4. The summed E-state index contributed by atoms with van der Waals surface area (Å²) in [7, 11) is -0.465. The smallest absolute Gasteiger partial charge is 0.244 e. The maximum Gasteiger partial charge on any atom is 0.244 e. The molecule has 1 aromatic rings. The number of sulfonamides is 1. The molecule has 8 heteroatoms. The van der Waals surface area contributed by atoms with E-state index in [0.717, 1.165) is 0 Å². The molecule has 0 atom stereocenters. The van der Waals surface area contributed by atoms with E-state index in [9.17, 15) is 8.42 Å². The van der Waals surface area contributed by atoms with Gasteiger partial charge in [-0.3, -0.25) is 0 Å². The average Bonchev–Trinajstić information content (AvgIpc) is 2.41. The average molecular weight is 322 g/mol. The molecule has 0 aliphatic heterocycles. The van der Waals surface area contributed by atoms with E-state index in [0.29, 0.717) is 37.0 Å². The van der Waals surface area contributed by atoms with E-state index in [1.165, 1.54) is 23.6 Å². The quantitative estimate of drug-likeness (QED) is 0.740. The van der Waals surface area contributed by atoms with Crippen LogP contribution in [0.1, 0.15) is 13.3 Å². The highest BCUT2D eigenvalue weighted by Gasteiger charge is 2.21. The van der Waals surface area contributed by atoms with Crippen LogP contribution in [0, 0.1) is 0 Å². The van der Waals surface area contributed by atoms with Crippen molar-refractivity contribution in [3.63, 3.8) is 0 Å². The Morgan fingerprint density at radius 2 is 2.20 bits per heavy atom. The number of pyridine rings is 1. The molecule has 0 aromatic carbocycles. The van der Waals surface area contributed by atoms with E-state index in [-0.39, 0.29) is 4.90 Å². The maximum atomic E-state index is 12.3. The zero-order chi connectivity index (χ0) is 15.2. The molecule has 1 heterocycles. The van der Waals surface area contributed by atoms with Gasteiger partial charge in [-0.05, 0) is 19.4 Å². The molecular formula is C12H20ClN3O3S. The third-order valence-electron chi connectivity index (χ3n) is 2.69. The number of rotatable bonds is 8. The number of aromatic nitrogens is 1. The Balaban J connectivity index is 2.89. The van der Waals surface area contributed by atoms with Gasteiger partial charge in [0.1, 0.15) is 10.7 Å². The number of halogens is 1. The van der Waals surface area contributed by atoms with Crippen LogP contribution in [0.3, 0.4) is 0 Å². The van der Waals surface area contributed by atoms with E-state index < -0.39 is 10.0 Å². The van der Waals surface area contributed by atoms with E-state index in [2.05, 4.69) is 10.3 Å². The number of ether oxygens (including phenoxy) is 1. The Hall–Kier alpha value is -0.890. The van der Waals surface area contributed by atoms with Gasteiger partial charge in [-0.25, -0.2) is 17.7 Å². The normalized spacial score (nSPS) is 11.8. The molecule has 0 bridgehead atoms. The number of hydrogen-bond acceptors (Lipinski definition) is 5. The summed E-state index contributed by atoms with van der Waals surface area (Å²) in [5.74, 6) is 0.482. The van der Waals surface area contributed by atoms with Crippen LogP contribution >= 0.6 is 11.6 Å². The van der Waals surface area contributed by atoms with Gasteiger partial charge in [-0.1, -0.05) is 11.6 Å². The fourth-order valence-corrected chi connectivity index (χ4v) is 3.07. The molecule has 114 valence electrons. The van der Waals surface area contributed by atoms with Gasteiger partial charge in [0.25, 0.3) is 0 Å². The fourth-order valence-electron chi connectivity index (χ4n) is 1.59. The highest BCUT2D eigenvalue weighted by molar-refractivity contribution is 7.89. The molecule has 20 heavy (non-hydrogen) atoms. The number of hydrogen-bond donors (Lipinski definition) is 1. The number of nitrogens with one attached hydrogen (secondary N) is 1. The second-order valence-electron chi connectivity index (χ2n) is 4.20. The molecule has 6 nitrogen and oxygen atoms in total. The van der Waals surface area contributed by atoms with Gasteiger partial charge in [0, 0.05) is 40.1 Å². The lowest BCUT2D eigenvalue weighted by Gasteiger charge is -2.17. The van der Waals surface area contributed by atoms with Crippen molar-refractivity contribution >= 4 is 27.4 Å². The van der Waals surface area contributed by atoms with Crippen molar-refractivity contribution in [1.29, 1.82) is 0 Å². The Bertz CT molecular complexity index is 537. The van der Waals surface area contributed by atoms with E-state index >= 15 is 0 Å². The first kappa shape index (κ1) is 17.2. The Morgan fingerprint density at radius 1 is 1.50 bits per heavy atom. The van der Waals surface area contributed by atoms with Gasteiger partial charge >= 0.3 is 0 Å². The predicted molar refractivity (Wildman–Crippen MR) is 79.7 cm³/mol. The summed E-state index contributed by atoms with van der Waals surface area (Å²) in [6.45, 7) is 3.46. The van der Waals surface area contributed by atoms with Gasteiger partial charge < -0.3 is 10.1 Å². The fraction of sp³-hybridized carbons (Fsp3) is 0.583. The van der Waals surface area contributed by atoms with E-state index in [4.69, 9.17) is 16.3 Å². The van der Waals surface area contributed by atoms with Crippen LogP contribution in [0.25, 0.3) is 0 Å². The molecule has 0 spiro atoms. The minimum absolute atomic E-state index is 0.0871. The lowest BCUT2D eigenvalue weighted by molar-refractivity contribution is 0.189. The molecule has 0 saturated heterocycles. The second kappa shape index (κ2) is 7.78. The number of nitrogens with zero attached hydrogens (tertiary/aromatic N) is 2. The standard InChI is InChI=1S/C12H20ClN3O3S/c1-4-14-12-11(13)8-10(9-15-12)20(17,18)16(2)6-5-7-19-3/h8-9H,4-7H2,1-3H3,(H,14,15). The zero-order valence-corrected chi connectivity index (χ0v) is 13.5. The molecule has 0 fully saturated rings. The minimum atomic E-state index is -3.57. The lowest BCUT2D eigenvalue weighted by Crippen LogP contribution is -2.28. The van der Waals surface area contributed by atoms with Crippen LogP contribution in [0.2, 0.25) is 5.02 Å². The molecule has 1 aromatic heterocycles. The SMILES string of the molecule is CCNc1ncc(S(=O)(=O)N(C)CCCOC)cc1Cl. The Kier molecular flexibility index (Phi) is 6.67. The van der Waals surface area contributed by atoms with Gasteiger partial charge in [-0.15, -0.1) is 0 Å². The largest absolute Gasteiger partial charge is 0.385 e. The molecule has 0 unspecified atom stereocenters. The van der Waals surface area contributed by atoms with Crippen LogP contribution in [-0.4, -0.2) is 51.6 Å². The van der Waals surface area contributed by atoms with Crippen molar-refractivity contribution in [2.24, 2.45) is 0 Å². The van der Waals surface area contributed by atoms with Crippen LogP contribution in [-0.2, 0) is 14.8 Å².